The van der Waals surface area contributed by atoms with E-state index in [-0.39, 0.29) is 13.4 Å². The second kappa shape index (κ2) is 11.7. The maximum atomic E-state index is 6.94. The molecule has 4 aliphatic heterocycles. The van der Waals surface area contributed by atoms with Crippen molar-refractivity contribution < 1.29 is 9.47 Å². The van der Waals surface area contributed by atoms with Crippen molar-refractivity contribution >= 4 is 91.8 Å². The smallest absolute Gasteiger partial charge is 0.252 e. The summed E-state index contributed by atoms with van der Waals surface area (Å²) in [6, 6.07) is 58.9. The van der Waals surface area contributed by atoms with Gasteiger partial charge in [-0.3, -0.25) is 0 Å². The second-order valence-electron chi connectivity index (χ2n) is 18.7. The Kier molecular flexibility index (Phi) is 6.52. The fraction of sp³-hybridized carbons (Fsp3) is 0.0714. The van der Waals surface area contributed by atoms with Gasteiger partial charge in [-0.25, -0.2) is 0 Å². The molecule has 61 heavy (non-hydrogen) atoms. The molecule has 284 valence electrons. The molecule has 0 radical (unpaired) electrons. The number of para-hydroxylation sites is 2. The van der Waals surface area contributed by atoms with Gasteiger partial charge in [0.2, 0.25) is 0 Å². The molecule has 0 fully saturated rings. The SMILES string of the molecule is Cc1cc2c3c(cc4c([Si](C)(C)C)cc5c6c(cc1c3c46)B1c3ccccc3Oc3cc(-c4ccccc4)cc-5c31)B1c3ccccc3Oc3cc(-c4ccccc4)cc-2c31. The Labute approximate surface area is 356 Å². The highest BCUT2D eigenvalue weighted by molar-refractivity contribution is 7.02. The van der Waals surface area contributed by atoms with Crippen molar-refractivity contribution in [3.8, 4) is 67.5 Å². The van der Waals surface area contributed by atoms with Gasteiger partial charge in [0.15, 0.2) is 0 Å². The summed E-state index contributed by atoms with van der Waals surface area (Å²) in [5, 5.41) is 9.90. The normalized spacial score (nSPS) is 13.8. The van der Waals surface area contributed by atoms with Crippen molar-refractivity contribution in [2.24, 2.45) is 0 Å². The van der Waals surface area contributed by atoms with Crippen LogP contribution in [-0.4, -0.2) is 21.5 Å². The number of rotatable bonds is 3. The third-order valence-electron chi connectivity index (χ3n) is 14.4. The minimum absolute atomic E-state index is 0.0437. The van der Waals surface area contributed by atoms with Crippen molar-refractivity contribution in [1.82, 2.24) is 0 Å². The van der Waals surface area contributed by atoms with Crippen LogP contribution in [0.4, 0.5) is 0 Å². The topological polar surface area (TPSA) is 18.5 Å². The Morgan fingerprint density at radius 3 is 1.36 bits per heavy atom. The third-order valence-corrected chi connectivity index (χ3v) is 16.4. The molecule has 0 unspecified atom stereocenters. The highest BCUT2D eigenvalue weighted by Gasteiger charge is 2.44. The quantitative estimate of drug-likeness (QED) is 0.131. The van der Waals surface area contributed by atoms with Crippen LogP contribution in [0, 0.1) is 6.92 Å². The summed E-state index contributed by atoms with van der Waals surface area (Å²) in [4.78, 5) is 0. The summed E-state index contributed by atoms with van der Waals surface area (Å²) in [5.41, 5.74) is 19.1. The fourth-order valence-electron chi connectivity index (χ4n) is 11.8. The number of fused-ring (bicyclic) bond motifs is 8. The average molecular weight is 793 g/mol. The standard InChI is InChI=1S/C56H38B2O2Si/c1-31-23-37-39-24-34(32-15-7-5-8-16-32)26-48-55(39)58(43-20-12-14-22-47(43)59-48)45-29-41-50(61(2,3)4)30-38-40-25-35(33-17-9-6-10-18-33)27-49-56(40)57(42-19-11-13-21-46(42)60-49)44-28-36(31)53(51(37)45)54(41)52(38)44/h5-30H,1-4H3. The summed E-state index contributed by atoms with van der Waals surface area (Å²) >= 11 is 0. The summed E-state index contributed by atoms with van der Waals surface area (Å²) in [7, 11) is -1.97. The van der Waals surface area contributed by atoms with Crippen LogP contribution in [-0.2, 0) is 0 Å². The third kappa shape index (κ3) is 4.44. The van der Waals surface area contributed by atoms with Gasteiger partial charge in [-0.05, 0) is 148 Å². The van der Waals surface area contributed by atoms with E-state index in [1.54, 1.807) is 0 Å². The predicted octanol–water partition coefficient (Wildman–Crippen LogP) is 9.98. The molecule has 0 saturated heterocycles. The first-order chi connectivity index (χ1) is 29.8. The van der Waals surface area contributed by atoms with Crippen molar-refractivity contribution in [1.29, 1.82) is 0 Å². The highest BCUT2D eigenvalue weighted by atomic mass is 28.3. The van der Waals surface area contributed by atoms with E-state index >= 15 is 0 Å². The van der Waals surface area contributed by atoms with Crippen molar-refractivity contribution in [3.63, 3.8) is 0 Å². The van der Waals surface area contributed by atoms with E-state index in [0.717, 1.165) is 23.0 Å². The molecule has 0 amide bonds. The van der Waals surface area contributed by atoms with E-state index in [2.05, 4.69) is 184 Å². The summed E-state index contributed by atoms with van der Waals surface area (Å²) in [5.74, 6) is 3.83. The van der Waals surface area contributed by atoms with E-state index in [9.17, 15) is 0 Å². The van der Waals surface area contributed by atoms with Gasteiger partial charge in [-0.2, -0.15) is 0 Å². The van der Waals surface area contributed by atoms with Gasteiger partial charge in [-0.15, -0.1) is 0 Å². The molecule has 0 spiro atoms. The lowest BCUT2D eigenvalue weighted by atomic mass is 9.32. The van der Waals surface area contributed by atoms with Crippen LogP contribution in [0.5, 0.6) is 23.0 Å². The molecule has 10 aromatic carbocycles. The molecule has 14 rings (SSSR count). The first-order valence-corrected chi connectivity index (χ1v) is 25.1. The van der Waals surface area contributed by atoms with Gasteiger partial charge < -0.3 is 9.47 Å². The Bertz CT molecular complexity index is 3590. The van der Waals surface area contributed by atoms with Gasteiger partial charge in [0.25, 0.3) is 13.4 Å². The lowest BCUT2D eigenvalue weighted by Crippen LogP contribution is -2.58. The molecule has 0 saturated carbocycles. The number of aryl methyl sites for hydroxylation is 1. The zero-order valence-electron chi connectivity index (χ0n) is 34.5. The van der Waals surface area contributed by atoms with Crippen LogP contribution in [0.3, 0.4) is 0 Å². The Morgan fingerprint density at radius 1 is 0.377 bits per heavy atom. The second-order valence-corrected chi connectivity index (χ2v) is 23.8. The van der Waals surface area contributed by atoms with E-state index in [1.807, 2.05) is 0 Å². The lowest BCUT2D eigenvalue weighted by molar-refractivity contribution is 0.487. The molecular formula is C56H38B2O2Si. The number of ether oxygens (including phenoxy) is 2. The largest absolute Gasteiger partial charge is 0.458 e. The van der Waals surface area contributed by atoms with E-state index < -0.39 is 8.07 Å². The van der Waals surface area contributed by atoms with Crippen LogP contribution in [0.2, 0.25) is 19.6 Å². The van der Waals surface area contributed by atoms with Crippen LogP contribution in [0.1, 0.15) is 5.56 Å². The first kappa shape index (κ1) is 34.0. The number of hydrogen-bond acceptors (Lipinski definition) is 2. The Morgan fingerprint density at radius 2 is 0.836 bits per heavy atom. The summed E-state index contributed by atoms with van der Waals surface area (Å²) in [6.07, 6.45) is 0. The molecule has 0 aromatic heterocycles. The van der Waals surface area contributed by atoms with Crippen LogP contribution in [0.15, 0.2) is 158 Å². The molecule has 0 atom stereocenters. The minimum Gasteiger partial charge on any atom is -0.458 e. The fourth-order valence-corrected chi connectivity index (χ4v) is 13.4. The predicted molar refractivity (Wildman–Crippen MR) is 262 cm³/mol. The van der Waals surface area contributed by atoms with Crippen LogP contribution in [0.25, 0.3) is 76.8 Å². The highest BCUT2D eigenvalue weighted by Crippen LogP contribution is 2.48. The maximum Gasteiger partial charge on any atom is 0.252 e. The Hall–Kier alpha value is -6.81. The van der Waals surface area contributed by atoms with E-state index in [4.69, 9.17) is 9.47 Å². The van der Waals surface area contributed by atoms with Gasteiger partial charge in [0.05, 0.1) is 8.07 Å². The summed E-state index contributed by atoms with van der Waals surface area (Å²) < 4.78 is 13.9. The zero-order chi connectivity index (χ0) is 40.5. The van der Waals surface area contributed by atoms with Crippen molar-refractivity contribution in [2.75, 3.05) is 0 Å². The van der Waals surface area contributed by atoms with Gasteiger partial charge in [-0.1, -0.05) is 157 Å². The molecule has 4 aliphatic rings. The maximum absolute atomic E-state index is 6.94. The molecule has 5 heteroatoms. The van der Waals surface area contributed by atoms with Gasteiger partial charge in [0.1, 0.15) is 23.0 Å². The summed E-state index contributed by atoms with van der Waals surface area (Å²) in [6.45, 7) is 10.0. The molecule has 4 heterocycles. The molecule has 0 N–H and O–H groups in total. The Balaban J connectivity index is 1.18. The lowest BCUT2D eigenvalue weighted by Gasteiger charge is -2.38. The molecule has 2 nitrogen and oxygen atoms in total. The molecule has 0 bridgehead atoms. The number of benzene rings is 10. The first-order valence-electron chi connectivity index (χ1n) is 21.6. The van der Waals surface area contributed by atoms with E-state index in [1.165, 1.54) is 120 Å². The van der Waals surface area contributed by atoms with Crippen LogP contribution < -0.4 is 47.4 Å². The zero-order valence-corrected chi connectivity index (χ0v) is 35.5. The average Bonchev–Trinajstić information content (AvgIpc) is 3.28. The molecule has 10 aromatic rings. The minimum atomic E-state index is -1.97. The van der Waals surface area contributed by atoms with Crippen molar-refractivity contribution in [2.45, 2.75) is 26.6 Å². The van der Waals surface area contributed by atoms with Crippen LogP contribution >= 0.6 is 0 Å². The monoisotopic (exact) mass is 792 g/mol. The number of hydrogen-bond donors (Lipinski definition) is 0. The van der Waals surface area contributed by atoms with Gasteiger partial charge in [0, 0.05) is 0 Å². The van der Waals surface area contributed by atoms with E-state index in [0.29, 0.717) is 0 Å². The molecular weight excluding hydrogens is 754 g/mol. The molecule has 0 aliphatic carbocycles. The van der Waals surface area contributed by atoms with Crippen molar-refractivity contribution in [3.05, 3.63) is 163 Å². The van der Waals surface area contributed by atoms with Gasteiger partial charge >= 0.3 is 0 Å².